The minimum Gasteiger partial charge on any atom is -0.366 e. The molecule has 0 aliphatic heterocycles. The Morgan fingerprint density at radius 2 is 2.45 bits per heavy atom. The van der Waals surface area contributed by atoms with E-state index in [1.165, 1.54) is 0 Å². The Kier molecular flexibility index (Phi) is 1.36. The third kappa shape index (κ3) is 1.10. The van der Waals surface area contributed by atoms with Crippen molar-refractivity contribution in [3.05, 3.63) is 23.8 Å². The van der Waals surface area contributed by atoms with E-state index in [1.807, 2.05) is 17.5 Å². The predicted octanol–water partition coefficient (Wildman–Crippen LogP) is 0.911. The molecule has 0 aromatic carbocycles. The topological polar surface area (TPSA) is 56.7 Å². The number of thiophene rings is 1. The molecule has 2 N–H and O–H groups in total. The smallest absolute Gasteiger partial charge is 0.239 e. The molecule has 0 saturated carbocycles. The lowest BCUT2D eigenvalue weighted by Gasteiger charge is -1.90. The summed E-state index contributed by atoms with van der Waals surface area (Å²) in [5, 5.41) is 6.95. The van der Waals surface area contributed by atoms with Crippen molar-refractivity contribution in [2.45, 2.75) is 0 Å². The molecule has 56 valence electrons. The van der Waals surface area contributed by atoms with Crippen LogP contribution in [0.2, 0.25) is 0 Å². The SMILES string of the molecule is Nc1ncn(-c2cccs2)n1. The van der Waals surface area contributed by atoms with Gasteiger partial charge in [-0.2, -0.15) is 0 Å². The highest BCUT2D eigenvalue weighted by Gasteiger charge is 1.98. The second kappa shape index (κ2) is 2.35. The van der Waals surface area contributed by atoms with Gasteiger partial charge in [0.05, 0.1) is 0 Å². The van der Waals surface area contributed by atoms with Gasteiger partial charge in [-0.3, -0.25) is 0 Å². The highest BCUT2D eigenvalue weighted by atomic mass is 32.1. The second-order valence-electron chi connectivity index (χ2n) is 2.00. The number of hydrogen-bond donors (Lipinski definition) is 1. The van der Waals surface area contributed by atoms with Gasteiger partial charge in [0, 0.05) is 0 Å². The molecule has 2 heterocycles. The van der Waals surface area contributed by atoms with Gasteiger partial charge in [-0.05, 0) is 17.5 Å². The van der Waals surface area contributed by atoms with Crippen molar-refractivity contribution in [1.82, 2.24) is 14.8 Å². The van der Waals surface area contributed by atoms with Gasteiger partial charge in [0.1, 0.15) is 11.3 Å². The Morgan fingerprint density at radius 1 is 1.55 bits per heavy atom. The standard InChI is InChI=1S/C6H6N4S/c7-6-8-4-10(9-6)5-2-1-3-11-5/h1-4H,(H2,7,9). The van der Waals surface area contributed by atoms with Gasteiger partial charge in [-0.15, -0.1) is 16.4 Å². The molecule has 2 aromatic rings. The molecule has 0 aliphatic carbocycles. The zero-order chi connectivity index (χ0) is 7.68. The molecular weight excluding hydrogens is 160 g/mol. The largest absolute Gasteiger partial charge is 0.366 e. The summed E-state index contributed by atoms with van der Waals surface area (Å²) in [6.45, 7) is 0. The molecule has 0 radical (unpaired) electrons. The molecule has 2 rings (SSSR count). The number of nitrogens with two attached hydrogens (primary N) is 1. The summed E-state index contributed by atoms with van der Waals surface area (Å²) >= 11 is 1.59. The van der Waals surface area contributed by atoms with Gasteiger partial charge < -0.3 is 5.73 Å². The summed E-state index contributed by atoms with van der Waals surface area (Å²) in [5.41, 5.74) is 5.35. The number of anilines is 1. The average molecular weight is 166 g/mol. The van der Waals surface area contributed by atoms with Crippen molar-refractivity contribution in [2.24, 2.45) is 0 Å². The Hall–Kier alpha value is -1.36. The number of hydrogen-bond acceptors (Lipinski definition) is 4. The van der Waals surface area contributed by atoms with Crippen LogP contribution >= 0.6 is 11.3 Å². The molecule has 2 aromatic heterocycles. The lowest BCUT2D eigenvalue weighted by molar-refractivity contribution is 0.901. The Morgan fingerprint density at radius 3 is 3.00 bits per heavy atom. The molecule has 0 saturated heterocycles. The summed E-state index contributed by atoms with van der Waals surface area (Å²) in [5.74, 6) is 0.304. The molecule has 0 aliphatic rings. The van der Waals surface area contributed by atoms with Crippen molar-refractivity contribution in [3.63, 3.8) is 0 Å². The first-order valence-electron chi connectivity index (χ1n) is 3.07. The molecule has 5 heteroatoms. The molecule has 0 atom stereocenters. The molecular formula is C6H6N4S. The first kappa shape index (κ1) is 6.36. The molecule has 0 fully saturated rings. The van der Waals surface area contributed by atoms with Crippen molar-refractivity contribution in [3.8, 4) is 5.00 Å². The van der Waals surface area contributed by atoms with E-state index < -0.39 is 0 Å². The number of rotatable bonds is 1. The van der Waals surface area contributed by atoms with Gasteiger partial charge in [0.25, 0.3) is 0 Å². The van der Waals surface area contributed by atoms with Crippen LogP contribution in [0.3, 0.4) is 0 Å². The molecule has 11 heavy (non-hydrogen) atoms. The maximum atomic E-state index is 5.35. The van der Waals surface area contributed by atoms with Crippen LogP contribution in [0.25, 0.3) is 5.00 Å². The van der Waals surface area contributed by atoms with Crippen molar-refractivity contribution >= 4 is 17.3 Å². The van der Waals surface area contributed by atoms with Crippen LogP contribution in [0.4, 0.5) is 5.95 Å². The summed E-state index contributed by atoms with van der Waals surface area (Å²) in [7, 11) is 0. The zero-order valence-corrected chi connectivity index (χ0v) is 6.45. The molecule has 0 spiro atoms. The summed E-state index contributed by atoms with van der Waals surface area (Å²) in [6.07, 6.45) is 1.60. The van der Waals surface area contributed by atoms with Crippen molar-refractivity contribution in [2.75, 3.05) is 5.73 Å². The molecule has 4 nitrogen and oxygen atoms in total. The first-order valence-corrected chi connectivity index (χ1v) is 3.95. The lowest BCUT2D eigenvalue weighted by atomic mass is 10.6. The minimum atomic E-state index is 0.304. The monoisotopic (exact) mass is 166 g/mol. The highest BCUT2D eigenvalue weighted by molar-refractivity contribution is 7.12. The third-order valence-corrected chi connectivity index (χ3v) is 2.10. The highest BCUT2D eigenvalue weighted by Crippen LogP contribution is 2.12. The lowest BCUT2D eigenvalue weighted by Crippen LogP contribution is -1.92. The fraction of sp³-hybridized carbons (Fsp3) is 0. The number of nitrogens with zero attached hydrogens (tertiary/aromatic N) is 3. The summed E-state index contributed by atoms with van der Waals surface area (Å²) in [4.78, 5) is 3.81. The van der Waals surface area contributed by atoms with Crippen molar-refractivity contribution in [1.29, 1.82) is 0 Å². The van der Waals surface area contributed by atoms with Crippen LogP contribution in [0.1, 0.15) is 0 Å². The van der Waals surface area contributed by atoms with E-state index in [4.69, 9.17) is 5.73 Å². The zero-order valence-electron chi connectivity index (χ0n) is 5.64. The maximum absolute atomic E-state index is 5.35. The predicted molar refractivity (Wildman–Crippen MR) is 43.6 cm³/mol. The van der Waals surface area contributed by atoms with E-state index in [0.717, 1.165) is 5.00 Å². The Bertz CT molecular complexity index is 337. The van der Waals surface area contributed by atoms with E-state index in [0.29, 0.717) is 5.95 Å². The van der Waals surface area contributed by atoms with E-state index in [2.05, 4.69) is 10.1 Å². The quantitative estimate of drug-likeness (QED) is 0.685. The van der Waals surface area contributed by atoms with E-state index in [9.17, 15) is 0 Å². The van der Waals surface area contributed by atoms with Gasteiger partial charge >= 0.3 is 0 Å². The van der Waals surface area contributed by atoms with Gasteiger partial charge in [-0.1, -0.05) is 0 Å². The Balaban J connectivity index is 2.45. The van der Waals surface area contributed by atoms with E-state index in [1.54, 1.807) is 22.3 Å². The van der Waals surface area contributed by atoms with Crippen LogP contribution in [0.15, 0.2) is 23.8 Å². The number of aromatic nitrogens is 3. The fourth-order valence-corrected chi connectivity index (χ4v) is 1.43. The van der Waals surface area contributed by atoms with Gasteiger partial charge in [0.2, 0.25) is 5.95 Å². The van der Waals surface area contributed by atoms with E-state index >= 15 is 0 Å². The molecule has 0 amide bonds. The van der Waals surface area contributed by atoms with Crippen LogP contribution < -0.4 is 5.73 Å². The third-order valence-electron chi connectivity index (χ3n) is 1.24. The first-order chi connectivity index (χ1) is 5.36. The van der Waals surface area contributed by atoms with Gasteiger partial charge in [0.15, 0.2) is 0 Å². The average Bonchev–Trinajstić information content (AvgIpc) is 2.55. The summed E-state index contributed by atoms with van der Waals surface area (Å²) < 4.78 is 1.65. The summed E-state index contributed by atoms with van der Waals surface area (Å²) in [6, 6.07) is 3.91. The van der Waals surface area contributed by atoms with Crippen LogP contribution in [0, 0.1) is 0 Å². The van der Waals surface area contributed by atoms with E-state index in [-0.39, 0.29) is 0 Å². The van der Waals surface area contributed by atoms with Crippen LogP contribution in [0.5, 0.6) is 0 Å². The van der Waals surface area contributed by atoms with Crippen LogP contribution in [-0.4, -0.2) is 14.8 Å². The normalized spacial score (nSPS) is 10.2. The Labute approximate surface area is 67.3 Å². The minimum absolute atomic E-state index is 0.304. The fourth-order valence-electron chi connectivity index (χ4n) is 0.782. The molecule has 0 bridgehead atoms. The van der Waals surface area contributed by atoms with Gasteiger partial charge in [-0.25, -0.2) is 9.67 Å². The molecule has 0 unspecified atom stereocenters. The number of nitrogen functional groups attached to an aromatic ring is 1. The second-order valence-corrected chi connectivity index (χ2v) is 2.92. The van der Waals surface area contributed by atoms with Crippen molar-refractivity contribution < 1.29 is 0 Å². The van der Waals surface area contributed by atoms with Crippen LogP contribution in [-0.2, 0) is 0 Å². The maximum Gasteiger partial charge on any atom is 0.239 e.